The number of hydrogen-bond donors (Lipinski definition) is 1. The lowest BCUT2D eigenvalue weighted by molar-refractivity contribution is 0.331. The smallest absolute Gasteiger partial charge is 0.252 e. The molecule has 0 bridgehead atoms. The number of nitrogens with zero attached hydrogens (tertiary/aromatic N) is 3. The summed E-state index contributed by atoms with van der Waals surface area (Å²) in [5, 5.41) is 11.4. The molecule has 0 saturated carbocycles. The Labute approximate surface area is 168 Å². The number of aromatic nitrogens is 1. The number of rotatable bonds is 5. The van der Waals surface area contributed by atoms with Crippen LogP contribution in [0.1, 0.15) is 5.56 Å². The predicted molar refractivity (Wildman–Crippen MR) is 110 cm³/mol. The van der Waals surface area contributed by atoms with Crippen LogP contribution in [0.25, 0.3) is 0 Å². The number of thiophene rings is 1. The number of benzene rings is 1. The largest absolute Gasteiger partial charge is 0.508 e. The molecule has 1 N–H and O–H groups in total. The van der Waals surface area contributed by atoms with Crippen LogP contribution in [0.4, 0.5) is 5.69 Å². The highest BCUT2D eigenvalue weighted by Gasteiger charge is 2.34. The number of piperazine rings is 1. The molecule has 3 heterocycles. The normalized spacial score (nSPS) is 18.3. The van der Waals surface area contributed by atoms with Crippen LogP contribution in [-0.4, -0.2) is 48.5 Å². The molecule has 1 aromatic carbocycles. The SMILES string of the molecule is O=S(=O)(c1cccs1)N1CCN(c2ccc(O)cc2)[C@H](Cc2ccncc2)C1. The Morgan fingerprint density at radius 1 is 1.07 bits per heavy atom. The van der Waals surface area contributed by atoms with E-state index in [9.17, 15) is 13.5 Å². The van der Waals surface area contributed by atoms with Crippen molar-refractivity contribution in [1.29, 1.82) is 0 Å². The van der Waals surface area contributed by atoms with Crippen molar-refractivity contribution in [3.8, 4) is 5.75 Å². The minimum absolute atomic E-state index is 0.0181. The molecule has 0 spiro atoms. The fourth-order valence-electron chi connectivity index (χ4n) is 3.53. The molecule has 0 unspecified atom stereocenters. The first kappa shape index (κ1) is 18.9. The van der Waals surface area contributed by atoms with E-state index in [0.29, 0.717) is 30.3 Å². The molecule has 3 aromatic rings. The minimum Gasteiger partial charge on any atom is -0.508 e. The molecular weight excluding hydrogens is 394 g/mol. The molecule has 1 aliphatic rings. The first-order valence-electron chi connectivity index (χ1n) is 9.02. The average Bonchev–Trinajstić information content (AvgIpc) is 3.25. The molecule has 6 nitrogen and oxygen atoms in total. The molecule has 1 atom stereocenters. The van der Waals surface area contributed by atoms with Gasteiger partial charge in [-0.2, -0.15) is 4.31 Å². The topological polar surface area (TPSA) is 73.7 Å². The summed E-state index contributed by atoms with van der Waals surface area (Å²) in [5.41, 5.74) is 2.09. The maximum absolute atomic E-state index is 13.0. The number of aromatic hydroxyl groups is 1. The summed E-state index contributed by atoms with van der Waals surface area (Å²) in [4.78, 5) is 6.29. The van der Waals surface area contributed by atoms with Crippen LogP contribution in [-0.2, 0) is 16.4 Å². The molecule has 1 aliphatic heterocycles. The fourth-order valence-corrected chi connectivity index (χ4v) is 6.15. The molecule has 0 amide bonds. The van der Waals surface area contributed by atoms with Crippen molar-refractivity contribution in [2.75, 3.05) is 24.5 Å². The summed E-state index contributed by atoms with van der Waals surface area (Å²) in [6.45, 7) is 1.42. The van der Waals surface area contributed by atoms with Crippen molar-refractivity contribution in [2.24, 2.45) is 0 Å². The standard InChI is InChI=1S/C20H21N3O3S2/c24-19-5-3-17(4-6-19)23-12-11-22(28(25,26)20-2-1-13-27-20)15-18(23)14-16-7-9-21-10-8-16/h1-10,13,18,24H,11-12,14-15H2/t18-/m1/s1. The zero-order valence-corrected chi connectivity index (χ0v) is 16.8. The van der Waals surface area contributed by atoms with Crippen molar-refractivity contribution in [2.45, 2.75) is 16.7 Å². The zero-order chi connectivity index (χ0) is 19.6. The zero-order valence-electron chi connectivity index (χ0n) is 15.2. The van der Waals surface area contributed by atoms with E-state index in [4.69, 9.17) is 0 Å². The van der Waals surface area contributed by atoms with Gasteiger partial charge in [0.2, 0.25) is 0 Å². The van der Waals surface area contributed by atoms with Crippen LogP contribution < -0.4 is 4.90 Å². The van der Waals surface area contributed by atoms with E-state index in [1.165, 1.54) is 11.3 Å². The molecule has 4 rings (SSSR count). The maximum Gasteiger partial charge on any atom is 0.252 e. The van der Waals surface area contributed by atoms with E-state index in [-0.39, 0.29) is 11.8 Å². The van der Waals surface area contributed by atoms with Gasteiger partial charge in [-0.15, -0.1) is 11.3 Å². The second-order valence-corrected chi connectivity index (χ2v) is 9.83. The van der Waals surface area contributed by atoms with Crippen LogP contribution in [0.15, 0.2) is 70.5 Å². The van der Waals surface area contributed by atoms with E-state index < -0.39 is 10.0 Å². The molecule has 8 heteroatoms. The Kier molecular flexibility index (Phi) is 5.34. The summed E-state index contributed by atoms with van der Waals surface area (Å²) in [5.74, 6) is 0.216. The molecule has 28 heavy (non-hydrogen) atoms. The molecule has 0 radical (unpaired) electrons. The Morgan fingerprint density at radius 2 is 1.82 bits per heavy atom. The van der Waals surface area contributed by atoms with E-state index in [1.54, 1.807) is 46.3 Å². The predicted octanol–water partition coefficient (Wildman–Crippen LogP) is 2.97. The van der Waals surface area contributed by atoms with Gasteiger partial charge in [0.25, 0.3) is 10.0 Å². The van der Waals surface area contributed by atoms with E-state index >= 15 is 0 Å². The third-order valence-electron chi connectivity index (χ3n) is 4.94. The second kappa shape index (κ2) is 7.90. The number of anilines is 1. The van der Waals surface area contributed by atoms with E-state index in [0.717, 1.165) is 11.3 Å². The summed E-state index contributed by atoms with van der Waals surface area (Å²) in [7, 11) is -3.48. The molecule has 1 fully saturated rings. The van der Waals surface area contributed by atoms with Gasteiger partial charge >= 0.3 is 0 Å². The van der Waals surface area contributed by atoms with E-state index in [1.807, 2.05) is 24.3 Å². The first-order valence-corrected chi connectivity index (χ1v) is 11.3. The molecule has 1 saturated heterocycles. The lowest BCUT2D eigenvalue weighted by Gasteiger charge is -2.42. The maximum atomic E-state index is 13.0. The Morgan fingerprint density at radius 3 is 2.50 bits per heavy atom. The Hall–Kier alpha value is -2.42. The van der Waals surface area contributed by atoms with Gasteiger partial charge in [0.1, 0.15) is 9.96 Å². The van der Waals surface area contributed by atoms with Gasteiger partial charge in [-0.05, 0) is 59.8 Å². The minimum atomic E-state index is -3.48. The van der Waals surface area contributed by atoms with Gasteiger partial charge < -0.3 is 10.0 Å². The fraction of sp³-hybridized carbons (Fsp3) is 0.250. The highest BCUT2D eigenvalue weighted by molar-refractivity contribution is 7.91. The van der Waals surface area contributed by atoms with Crippen LogP contribution in [0, 0.1) is 0 Å². The second-order valence-electron chi connectivity index (χ2n) is 6.72. The van der Waals surface area contributed by atoms with Crippen molar-refractivity contribution in [3.63, 3.8) is 0 Å². The van der Waals surface area contributed by atoms with Gasteiger partial charge in [-0.3, -0.25) is 4.98 Å². The van der Waals surface area contributed by atoms with Crippen LogP contribution in [0.2, 0.25) is 0 Å². The number of phenols is 1. The van der Waals surface area contributed by atoms with Crippen molar-refractivity contribution < 1.29 is 13.5 Å². The van der Waals surface area contributed by atoms with Gasteiger partial charge in [0, 0.05) is 43.8 Å². The quantitative estimate of drug-likeness (QED) is 0.694. The van der Waals surface area contributed by atoms with Gasteiger partial charge in [-0.25, -0.2) is 8.42 Å². The van der Waals surface area contributed by atoms with Crippen molar-refractivity contribution >= 4 is 27.0 Å². The number of hydrogen-bond acceptors (Lipinski definition) is 6. The third-order valence-corrected chi connectivity index (χ3v) is 8.17. The molecule has 146 valence electrons. The highest BCUT2D eigenvalue weighted by atomic mass is 32.2. The van der Waals surface area contributed by atoms with Crippen LogP contribution in [0.3, 0.4) is 0 Å². The summed E-state index contributed by atoms with van der Waals surface area (Å²) < 4.78 is 28.0. The highest BCUT2D eigenvalue weighted by Crippen LogP contribution is 2.28. The van der Waals surface area contributed by atoms with Gasteiger partial charge in [0.05, 0.1) is 0 Å². The third kappa shape index (κ3) is 3.89. The lowest BCUT2D eigenvalue weighted by Crippen LogP contribution is -2.55. The lowest BCUT2D eigenvalue weighted by atomic mass is 10.0. The summed E-state index contributed by atoms with van der Waals surface area (Å²) in [6, 6.07) is 14.4. The van der Waals surface area contributed by atoms with Crippen LogP contribution >= 0.6 is 11.3 Å². The van der Waals surface area contributed by atoms with Crippen LogP contribution in [0.5, 0.6) is 5.75 Å². The van der Waals surface area contributed by atoms with Crippen molar-refractivity contribution in [3.05, 3.63) is 71.9 Å². The summed E-state index contributed by atoms with van der Waals surface area (Å²) >= 11 is 1.25. The van der Waals surface area contributed by atoms with E-state index in [2.05, 4.69) is 9.88 Å². The Bertz CT molecular complexity index is 1010. The molecular formula is C20H21N3O3S2. The van der Waals surface area contributed by atoms with Gasteiger partial charge in [-0.1, -0.05) is 6.07 Å². The Balaban J connectivity index is 1.62. The number of sulfonamides is 1. The number of pyridine rings is 1. The van der Waals surface area contributed by atoms with Crippen molar-refractivity contribution in [1.82, 2.24) is 9.29 Å². The molecule has 2 aromatic heterocycles. The van der Waals surface area contributed by atoms with Gasteiger partial charge in [0.15, 0.2) is 0 Å². The average molecular weight is 416 g/mol. The summed E-state index contributed by atoms with van der Waals surface area (Å²) in [6.07, 6.45) is 4.21. The molecule has 0 aliphatic carbocycles. The number of phenolic OH excluding ortho intramolecular Hbond substituents is 1. The first-order chi connectivity index (χ1) is 13.5. The monoisotopic (exact) mass is 415 g/mol.